The van der Waals surface area contributed by atoms with Crippen LogP contribution in [-0.2, 0) is 6.54 Å². The van der Waals surface area contributed by atoms with Crippen molar-refractivity contribution in [3.63, 3.8) is 0 Å². The summed E-state index contributed by atoms with van der Waals surface area (Å²) in [5.41, 5.74) is 3.03. The predicted octanol–water partition coefficient (Wildman–Crippen LogP) is 7.47. The molecule has 0 fully saturated rings. The van der Waals surface area contributed by atoms with E-state index in [1.165, 1.54) is 20.3 Å². The number of rotatable bonds is 9. The Kier molecular flexibility index (Phi) is 8.54. The summed E-state index contributed by atoms with van der Waals surface area (Å²) in [7, 11) is 2.94. The molecule has 3 heterocycles. The highest BCUT2D eigenvalue weighted by atomic mass is 19.4. The Balaban J connectivity index is 1.21. The van der Waals surface area contributed by atoms with Crippen LogP contribution in [0.4, 0.5) is 24.7 Å². The topological polar surface area (TPSA) is 104 Å². The van der Waals surface area contributed by atoms with Crippen LogP contribution in [0.2, 0.25) is 0 Å². The number of hydrogen-bond donors (Lipinski definition) is 2. The summed E-state index contributed by atoms with van der Waals surface area (Å²) >= 11 is 0. The van der Waals surface area contributed by atoms with Crippen LogP contribution in [0.5, 0.6) is 23.0 Å². The first-order valence-electron chi connectivity index (χ1n) is 14.9. The molecule has 2 N–H and O–H groups in total. The normalized spacial score (nSPS) is 15.8. The van der Waals surface area contributed by atoms with Crippen molar-refractivity contribution in [3.05, 3.63) is 107 Å². The molecule has 2 aromatic heterocycles. The molecule has 1 aliphatic rings. The Hall–Kier alpha value is -5.46. The van der Waals surface area contributed by atoms with Crippen molar-refractivity contribution in [1.29, 1.82) is 0 Å². The monoisotopic (exact) mass is 646 g/mol. The van der Waals surface area contributed by atoms with Crippen LogP contribution in [0, 0.1) is 13.8 Å². The van der Waals surface area contributed by atoms with E-state index >= 15 is 0 Å². The van der Waals surface area contributed by atoms with E-state index in [0.29, 0.717) is 46.4 Å². The van der Waals surface area contributed by atoms with Crippen LogP contribution < -0.4 is 24.8 Å². The number of nitrogens with zero attached hydrogens (tertiary/aromatic N) is 4. The van der Waals surface area contributed by atoms with Crippen molar-refractivity contribution in [3.8, 4) is 23.0 Å². The van der Waals surface area contributed by atoms with Gasteiger partial charge in [0.25, 0.3) is 5.91 Å². The van der Waals surface area contributed by atoms with Gasteiger partial charge in [-0.05, 0) is 61.4 Å². The first-order chi connectivity index (χ1) is 22.5. The Bertz CT molecular complexity index is 1900. The third kappa shape index (κ3) is 6.60. The van der Waals surface area contributed by atoms with Gasteiger partial charge in [0.2, 0.25) is 0 Å². The van der Waals surface area contributed by atoms with E-state index in [1.807, 2.05) is 61.5 Å². The highest BCUT2D eigenvalue weighted by Gasteiger charge is 2.47. The zero-order valence-electron chi connectivity index (χ0n) is 26.1. The van der Waals surface area contributed by atoms with Gasteiger partial charge in [-0.25, -0.2) is 4.68 Å². The number of alkyl halides is 3. The molecule has 244 valence electrons. The minimum absolute atomic E-state index is 0.0743. The fourth-order valence-electron chi connectivity index (χ4n) is 5.69. The Morgan fingerprint density at radius 3 is 2.40 bits per heavy atom. The zero-order valence-corrected chi connectivity index (χ0v) is 26.1. The number of carbonyl (C=O) groups is 1. The number of halogens is 3. The van der Waals surface area contributed by atoms with E-state index in [4.69, 9.17) is 14.2 Å². The molecular weight excluding hydrogens is 613 g/mol. The molecule has 0 saturated heterocycles. The summed E-state index contributed by atoms with van der Waals surface area (Å²) in [6.07, 6.45) is -4.94. The number of aromatic nitrogens is 4. The SMILES string of the molecule is COc1ccc([C@H]2C[C@H](C(F)(F)F)n3nc(C(=O)Nc4c(C)nn(Cc5cccc(Oc6ccccc6)c5)c4C)cc3N2)cc1OC. The molecule has 2 atom stereocenters. The van der Waals surface area contributed by atoms with Crippen molar-refractivity contribution in [2.45, 2.75) is 45.1 Å². The fourth-order valence-corrected chi connectivity index (χ4v) is 5.69. The number of benzene rings is 3. The fraction of sp³-hybridized carbons (Fsp3) is 0.265. The summed E-state index contributed by atoms with van der Waals surface area (Å²) < 4.78 is 62.0. The van der Waals surface area contributed by atoms with Gasteiger partial charge in [-0.1, -0.05) is 36.4 Å². The minimum atomic E-state index is -4.61. The zero-order chi connectivity index (χ0) is 33.3. The van der Waals surface area contributed by atoms with E-state index in [0.717, 1.165) is 16.0 Å². The largest absolute Gasteiger partial charge is 0.493 e. The molecular formula is C34H33F3N6O4. The maximum absolute atomic E-state index is 14.3. The van der Waals surface area contributed by atoms with Gasteiger partial charge in [-0.15, -0.1) is 0 Å². The lowest BCUT2D eigenvalue weighted by Crippen LogP contribution is -2.35. The molecule has 0 radical (unpaired) electrons. The first-order valence-corrected chi connectivity index (χ1v) is 14.9. The van der Waals surface area contributed by atoms with Gasteiger partial charge in [-0.2, -0.15) is 23.4 Å². The average Bonchev–Trinajstić information content (AvgIpc) is 3.60. The highest BCUT2D eigenvalue weighted by Crippen LogP contribution is 2.45. The number of para-hydroxylation sites is 1. The van der Waals surface area contributed by atoms with Gasteiger partial charge in [0, 0.05) is 12.5 Å². The molecule has 6 rings (SSSR count). The molecule has 1 amide bonds. The molecule has 3 aromatic carbocycles. The summed E-state index contributed by atoms with van der Waals surface area (Å²) in [5.74, 6) is 1.67. The van der Waals surface area contributed by atoms with Gasteiger partial charge in [0.05, 0.1) is 43.9 Å². The third-order valence-corrected chi connectivity index (χ3v) is 8.06. The molecule has 10 nitrogen and oxygen atoms in total. The molecule has 0 spiro atoms. The highest BCUT2D eigenvalue weighted by molar-refractivity contribution is 6.04. The van der Waals surface area contributed by atoms with Gasteiger partial charge < -0.3 is 24.8 Å². The number of anilines is 2. The average molecular weight is 647 g/mol. The Morgan fingerprint density at radius 2 is 1.68 bits per heavy atom. The van der Waals surface area contributed by atoms with Crippen LogP contribution in [0.3, 0.4) is 0 Å². The predicted molar refractivity (Wildman–Crippen MR) is 170 cm³/mol. The van der Waals surface area contributed by atoms with Crippen LogP contribution in [0.15, 0.2) is 78.9 Å². The van der Waals surface area contributed by atoms with Crippen LogP contribution >= 0.6 is 0 Å². The maximum Gasteiger partial charge on any atom is 0.410 e. The van der Waals surface area contributed by atoms with E-state index in [2.05, 4.69) is 20.8 Å². The van der Waals surface area contributed by atoms with E-state index < -0.39 is 24.2 Å². The van der Waals surface area contributed by atoms with Gasteiger partial charge in [0.1, 0.15) is 17.3 Å². The van der Waals surface area contributed by atoms with E-state index in [1.54, 1.807) is 29.8 Å². The summed E-state index contributed by atoms with van der Waals surface area (Å²) in [4.78, 5) is 13.4. The quantitative estimate of drug-likeness (QED) is 0.171. The molecule has 0 bridgehead atoms. The van der Waals surface area contributed by atoms with Gasteiger partial charge in [-0.3, -0.25) is 9.48 Å². The second kappa shape index (κ2) is 12.7. The number of hydrogen-bond acceptors (Lipinski definition) is 7. The van der Waals surface area contributed by atoms with Crippen molar-refractivity contribution < 1.29 is 32.2 Å². The van der Waals surface area contributed by atoms with Crippen molar-refractivity contribution >= 4 is 17.4 Å². The number of ether oxygens (including phenoxy) is 3. The minimum Gasteiger partial charge on any atom is -0.493 e. The smallest absolute Gasteiger partial charge is 0.410 e. The first kappa shape index (κ1) is 31.5. The molecule has 1 aliphatic heterocycles. The second-order valence-corrected chi connectivity index (χ2v) is 11.2. The van der Waals surface area contributed by atoms with E-state index in [-0.39, 0.29) is 17.9 Å². The number of aryl methyl sites for hydroxylation is 1. The number of methoxy groups -OCH3 is 2. The lowest BCUT2D eigenvalue weighted by atomic mass is 9.96. The van der Waals surface area contributed by atoms with Gasteiger partial charge >= 0.3 is 6.18 Å². The number of nitrogens with one attached hydrogen (secondary N) is 2. The standard InChI is InChI=1S/C34H33F3N6O4/c1-20-32(21(2)42(40-20)19-22-9-8-12-25(15-22)47-24-10-6-5-7-11-24)39-33(44)27-18-31-38-26(17-30(34(35,36)37)43(31)41-27)23-13-14-28(45-3)29(16-23)46-4/h5-16,18,26,30,38H,17,19H2,1-4H3,(H,39,44)/t26-,30-/m1/s1. The molecule has 5 aromatic rings. The summed E-state index contributed by atoms with van der Waals surface area (Å²) in [6, 6.07) is 20.7. The van der Waals surface area contributed by atoms with Crippen LogP contribution in [0.25, 0.3) is 0 Å². The van der Waals surface area contributed by atoms with Crippen molar-refractivity contribution in [1.82, 2.24) is 19.6 Å². The molecule has 0 unspecified atom stereocenters. The summed E-state index contributed by atoms with van der Waals surface area (Å²) in [5, 5.41) is 14.6. The van der Waals surface area contributed by atoms with Crippen LogP contribution in [-0.4, -0.2) is 45.9 Å². The molecule has 0 aliphatic carbocycles. The summed E-state index contributed by atoms with van der Waals surface area (Å²) in [6.45, 7) is 3.97. The third-order valence-electron chi connectivity index (χ3n) is 8.06. The lowest BCUT2D eigenvalue weighted by Gasteiger charge is -2.33. The Labute approximate surface area is 269 Å². The van der Waals surface area contributed by atoms with Crippen molar-refractivity contribution in [2.75, 3.05) is 24.9 Å². The number of carbonyl (C=O) groups excluding carboxylic acids is 1. The van der Waals surface area contributed by atoms with Gasteiger partial charge in [0.15, 0.2) is 23.2 Å². The second-order valence-electron chi connectivity index (χ2n) is 11.2. The van der Waals surface area contributed by atoms with Crippen LogP contribution in [0.1, 0.15) is 51.5 Å². The molecule has 47 heavy (non-hydrogen) atoms. The lowest BCUT2D eigenvalue weighted by molar-refractivity contribution is -0.173. The maximum atomic E-state index is 14.3. The molecule has 0 saturated carbocycles. The molecule has 13 heteroatoms. The van der Waals surface area contributed by atoms with Crippen molar-refractivity contribution in [2.24, 2.45) is 0 Å². The Morgan fingerprint density at radius 1 is 0.936 bits per heavy atom. The van der Waals surface area contributed by atoms with E-state index in [9.17, 15) is 18.0 Å². The number of amides is 1. The number of fused-ring (bicyclic) bond motifs is 1.